The number of unbranched alkanes of at least 4 members (excludes halogenated alkanes) is 1. The molecule has 86 valence electrons. The zero-order chi connectivity index (χ0) is 11.5. The van der Waals surface area contributed by atoms with Crippen molar-refractivity contribution in [3.63, 3.8) is 0 Å². The van der Waals surface area contributed by atoms with E-state index in [1.807, 2.05) is 0 Å². The third-order valence-electron chi connectivity index (χ3n) is 3.26. The van der Waals surface area contributed by atoms with Gasteiger partial charge in [-0.05, 0) is 68.5 Å². The minimum absolute atomic E-state index is 0.784. The van der Waals surface area contributed by atoms with Crippen LogP contribution in [0, 0.1) is 13.8 Å². The summed E-state index contributed by atoms with van der Waals surface area (Å²) in [6.45, 7) is 5.13. The van der Waals surface area contributed by atoms with Gasteiger partial charge in [-0.1, -0.05) is 0 Å². The second kappa shape index (κ2) is 4.71. The van der Waals surface area contributed by atoms with Crippen molar-refractivity contribution in [3.05, 3.63) is 35.1 Å². The lowest BCUT2D eigenvalue weighted by atomic mass is 9.95. The maximum atomic E-state index is 5.53. The van der Waals surface area contributed by atoms with E-state index in [2.05, 4.69) is 26.0 Å². The topological polar surface area (TPSA) is 39.2 Å². The number of hydrogen-bond acceptors (Lipinski definition) is 2. The van der Waals surface area contributed by atoms with Crippen LogP contribution in [0.1, 0.15) is 29.5 Å². The van der Waals surface area contributed by atoms with Crippen LogP contribution in [-0.4, -0.2) is 6.54 Å². The Hall–Kier alpha value is -1.28. The van der Waals surface area contributed by atoms with Gasteiger partial charge in [0.05, 0.1) is 6.26 Å². The number of hydrogen-bond donors (Lipinski definition) is 1. The molecule has 2 aromatic rings. The fourth-order valence-corrected chi connectivity index (χ4v) is 2.32. The quantitative estimate of drug-likeness (QED) is 0.798. The zero-order valence-corrected chi connectivity index (χ0v) is 10.0. The first-order chi connectivity index (χ1) is 7.74. The first-order valence-corrected chi connectivity index (χ1v) is 5.90. The maximum Gasteiger partial charge on any atom is 0.134 e. The van der Waals surface area contributed by atoms with Gasteiger partial charge in [0.2, 0.25) is 0 Å². The second-order valence-electron chi connectivity index (χ2n) is 4.38. The lowest BCUT2D eigenvalue weighted by molar-refractivity contribution is 0.615. The Kier molecular flexibility index (Phi) is 3.30. The molecule has 0 amide bonds. The van der Waals surface area contributed by atoms with Crippen molar-refractivity contribution >= 4 is 11.0 Å². The van der Waals surface area contributed by atoms with Gasteiger partial charge in [0.1, 0.15) is 5.58 Å². The number of fused-ring (bicyclic) bond motifs is 1. The Morgan fingerprint density at radius 1 is 1.25 bits per heavy atom. The molecule has 0 unspecified atom stereocenters. The molecule has 0 saturated heterocycles. The third-order valence-corrected chi connectivity index (χ3v) is 3.26. The van der Waals surface area contributed by atoms with Crippen molar-refractivity contribution in [3.8, 4) is 0 Å². The summed E-state index contributed by atoms with van der Waals surface area (Å²) >= 11 is 0. The average molecular weight is 217 g/mol. The Morgan fingerprint density at radius 3 is 2.81 bits per heavy atom. The van der Waals surface area contributed by atoms with Crippen LogP contribution in [0.4, 0.5) is 0 Å². The van der Waals surface area contributed by atoms with Crippen LogP contribution in [0.5, 0.6) is 0 Å². The van der Waals surface area contributed by atoms with Crippen LogP contribution in [0.15, 0.2) is 22.8 Å². The normalized spacial score (nSPS) is 11.2. The number of benzene rings is 1. The molecule has 0 fully saturated rings. The summed E-state index contributed by atoms with van der Waals surface area (Å²) in [4.78, 5) is 0. The van der Waals surface area contributed by atoms with Gasteiger partial charge in [0.15, 0.2) is 0 Å². The van der Waals surface area contributed by atoms with Crippen molar-refractivity contribution in [2.24, 2.45) is 5.73 Å². The van der Waals surface area contributed by atoms with Gasteiger partial charge in [-0.25, -0.2) is 0 Å². The number of furan rings is 1. The van der Waals surface area contributed by atoms with E-state index in [-0.39, 0.29) is 0 Å². The van der Waals surface area contributed by atoms with Crippen LogP contribution in [-0.2, 0) is 6.42 Å². The van der Waals surface area contributed by atoms with Crippen LogP contribution >= 0.6 is 0 Å². The lowest BCUT2D eigenvalue weighted by Gasteiger charge is -2.10. The summed E-state index contributed by atoms with van der Waals surface area (Å²) < 4.78 is 5.44. The predicted octanol–water partition coefficient (Wildman–Crippen LogP) is 3.33. The van der Waals surface area contributed by atoms with Gasteiger partial charge in [0.25, 0.3) is 0 Å². The minimum Gasteiger partial charge on any atom is -0.464 e. The molecule has 0 atom stereocenters. The Balaban J connectivity index is 2.35. The Bertz CT molecular complexity index is 485. The molecule has 2 heteroatoms. The molecule has 0 bridgehead atoms. The highest BCUT2D eigenvalue weighted by Gasteiger charge is 2.08. The van der Waals surface area contributed by atoms with Gasteiger partial charge in [-0.2, -0.15) is 0 Å². The van der Waals surface area contributed by atoms with Crippen LogP contribution in [0.2, 0.25) is 0 Å². The Morgan fingerprint density at radius 2 is 2.06 bits per heavy atom. The van der Waals surface area contributed by atoms with E-state index >= 15 is 0 Å². The summed E-state index contributed by atoms with van der Waals surface area (Å²) in [6, 6.07) is 4.19. The SMILES string of the molecule is Cc1cc2occc2c(C)c1CCCCN. The molecule has 0 aliphatic heterocycles. The van der Waals surface area contributed by atoms with Crippen molar-refractivity contribution < 1.29 is 4.42 Å². The smallest absolute Gasteiger partial charge is 0.134 e. The first kappa shape index (κ1) is 11.2. The summed E-state index contributed by atoms with van der Waals surface area (Å²) in [5, 5.41) is 1.24. The predicted molar refractivity (Wildman–Crippen MR) is 67.7 cm³/mol. The van der Waals surface area contributed by atoms with E-state index in [4.69, 9.17) is 10.2 Å². The van der Waals surface area contributed by atoms with Crippen LogP contribution < -0.4 is 5.73 Å². The number of rotatable bonds is 4. The van der Waals surface area contributed by atoms with Gasteiger partial charge in [-0.15, -0.1) is 0 Å². The van der Waals surface area contributed by atoms with Crippen molar-refractivity contribution in [1.82, 2.24) is 0 Å². The molecule has 1 aromatic heterocycles. The third kappa shape index (κ3) is 1.98. The molecule has 0 radical (unpaired) electrons. The molecule has 16 heavy (non-hydrogen) atoms. The zero-order valence-electron chi connectivity index (χ0n) is 10.0. The fourth-order valence-electron chi connectivity index (χ4n) is 2.32. The minimum atomic E-state index is 0.784. The molecule has 1 heterocycles. The van der Waals surface area contributed by atoms with Gasteiger partial charge >= 0.3 is 0 Å². The summed E-state index contributed by atoms with van der Waals surface area (Å²) in [5.74, 6) is 0. The van der Waals surface area contributed by atoms with Crippen molar-refractivity contribution in [2.45, 2.75) is 33.1 Å². The van der Waals surface area contributed by atoms with Crippen molar-refractivity contribution in [1.29, 1.82) is 0 Å². The maximum absolute atomic E-state index is 5.53. The Labute approximate surface area is 96.4 Å². The first-order valence-electron chi connectivity index (χ1n) is 5.90. The molecular weight excluding hydrogens is 198 g/mol. The molecular formula is C14H19NO. The van der Waals surface area contributed by atoms with E-state index in [0.717, 1.165) is 25.0 Å². The van der Waals surface area contributed by atoms with Crippen LogP contribution in [0.3, 0.4) is 0 Å². The molecule has 1 aromatic carbocycles. The number of nitrogens with two attached hydrogens (primary N) is 1. The highest BCUT2D eigenvalue weighted by atomic mass is 16.3. The summed E-state index contributed by atoms with van der Waals surface area (Å²) in [5.41, 5.74) is 10.7. The van der Waals surface area contributed by atoms with E-state index in [0.29, 0.717) is 0 Å². The largest absolute Gasteiger partial charge is 0.464 e. The lowest BCUT2D eigenvalue weighted by Crippen LogP contribution is -2.01. The summed E-state index contributed by atoms with van der Waals surface area (Å²) in [7, 11) is 0. The highest BCUT2D eigenvalue weighted by Crippen LogP contribution is 2.27. The van der Waals surface area contributed by atoms with Gasteiger partial charge in [0, 0.05) is 5.39 Å². The molecule has 0 aliphatic rings. The van der Waals surface area contributed by atoms with Crippen molar-refractivity contribution in [2.75, 3.05) is 6.54 Å². The molecule has 0 saturated carbocycles. The van der Waals surface area contributed by atoms with Crippen LogP contribution in [0.25, 0.3) is 11.0 Å². The number of aryl methyl sites for hydroxylation is 2. The molecule has 2 N–H and O–H groups in total. The highest BCUT2D eigenvalue weighted by molar-refractivity contribution is 5.83. The van der Waals surface area contributed by atoms with Gasteiger partial charge < -0.3 is 10.2 Å². The fraction of sp³-hybridized carbons (Fsp3) is 0.429. The molecule has 0 spiro atoms. The monoisotopic (exact) mass is 217 g/mol. The standard InChI is InChI=1S/C14H19NO/c1-10-9-14-13(6-8-16-14)11(2)12(10)5-3-4-7-15/h6,8-9H,3-5,7,15H2,1-2H3. The van der Waals surface area contributed by atoms with E-state index in [1.54, 1.807) is 6.26 Å². The van der Waals surface area contributed by atoms with E-state index in [9.17, 15) is 0 Å². The average Bonchev–Trinajstić information content (AvgIpc) is 2.71. The van der Waals surface area contributed by atoms with Gasteiger partial charge in [-0.3, -0.25) is 0 Å². The van der Waals surface area contributed by atoms with E-state index < -0.39 is 0 Å². The molecule has 2 nitrogen and oxygen atoms in total. The molecule has 0 aliphatic carbocycles. The summed E-state index contributed by atoms with van der Waals surface area (Å²) in [6.07, 6.45) is 5.15. The van der Waals surface area contributed by atoms with E-state index in [1.165, 1.54) is 28.5 Å². The second-order valence-corrected chi connectivity index (χ2v) is 4.38. The molecule has 2 rings (SSSR count).